The molecule has 1 N–H and O–H groups in total. The number of anilines is 1. The van der Waals surface area contributed by atoms with Crippen LogP contribution in [0, 0.1) is 0 Å². The number of rotatable bonds is 5. The summed E-state index contributed by atoms with van der Waals surface area (Å²) in [6.45, 7) is -0.0690. The Labute approximate surface area is 157 Å². The largest absolute Gasteiger partial charge is 0.483 e. The molecule has 0 saturated heterocycles. The van der Waals surface area contributed by atoms with E-state index in [9.17, 15) is 4.79 Å². The van der Waals surface area contributed by atoms with Crippen molar-refractivity contribution in [1.82, 2.24) is 4.98 Å². The molecule has 3 aromatic carbocycles. The Morgan fingerprint density at radius 1 is 0.852 bits per heavy atom. The topological polar surface area (TPSA) is 51.2 Å². The van der Waals surface area contributed by atoms with Crippen LogP contribution in [0.4, 0.5) is 5.69 Å². The first-order valence-corrected chi connectivity index (χ1v) is 8.72. The summed E-state index contributed by atoms with van der Waals surface area (Å²) in [7, 11) is 0. The summed E-state index contributed by atoms with van der Waals surface area (Å²) < 4.78 is 5.81. The van der Waals surface area contributed by atoms with Crippen molar-refractivity contribution in [3.05, 3.63) is 91.1 Å². The number of ether oxygens (including phenoxy) is 1. The fourth-order valence-corrected chi connectivity index (χ4v) is 2.99. The maximum absolute atomic E-state index is 12.4. The molecule has 4 aromatic rings. The fourth-order valence-electron chi connectivity index (χ4n) is 2.99. The number of hydrogen-bond donors (Lipinski definition) is 1. The van der Waals surface area contributed by atoms with Gasteiger partial charge in [0.15, 0.2) is 6.61 Å². The third-order valence-electron chi connectivity index (χ3n) is 4.25. The lowest BCUT2D eigenvalue weighted by molar-refractivity contribution is -0.118. The quantitative estimate of drug-likeness (QED) is 0.553. The fraction of sp³-hybridized carbons (Fsp3) is 0.0435. The summed E-state index contributed by atoms with van der Waals surface area (Å²) in [5, 5.41) is 3.81. The molecule has 0 aliphatic heterocycles. The average Bonchev–Trinajstić information content (AvgIpc) is 2.73. The highest BCUT2D eigenvalue weighted by molar-refractivity contribution is 6.01. The summed E-state index contributed by atoms with van der Waals surface area (Å²) in [4.78, 5) is 16.7. The molecule has 132 valence electrons. The number of para-hydroxylation sites is 1. The van der Waals surface area contributed by atoms with Gasteiger partial charge in [-0.1, -0.05) is 54.6 Å². The van der Waals surface area contributed by atoms with Gasteiger partial charge in [0, 0.05) is 17.1 Å². The SMILES string of the molecule is O=C(COc1ccccc1-c1ccccc1)Nc1cccc2ncccc12. The standard InChI is InChI=1S/C23H18N2O2/c26-23(25-21-13-6-12-20-19(21)11-7-15-24-20)16-27-22-14-5-4-10-18(22)17-8-2-1-3-9-17/h1-15H,16H2,(H,25,26). The van der Waals surface area contributed by atoms with Crippen molar-refractivity contribution in [2.24, 2.45) is 0 Å². The van der Waals surface area contributed by atoms with Crippen LogP contribution in [0.2, 0.25) is 0 Å². The van der Waals surface area contributed by atoms with E-state index in [1.54, 1.807) is 6.20 Å². The molecule has 0 radical (unpaired) electrons. The number of carbonyl (C=O) groups excluding carboxylic acids is 1. The molecule has 0 atom stereocenters. The minimum atomic E-state index is -0.214. The van der Waals surface area contributed by atoms with Crippen molar-refractivity contribution in [2.75, 3.05) is 11.9 Å². The highest BCUT2D eigenvalue weighted by Gasteiger charge is 2.10. The van der Waals surface area contributed by atoms with Gasteiger partial charge in [-0.05, 0) is 35.9 Å². The first-order valence-electron chi connectivity index (χ1n) is 8.72. The molecule has 0 aliphatic rings. The molecule has 4 heteroatoms. The number of aromatic nitrogens is 1. The van der Waals surface area contributed by atoms with Crippen molar-refractivity contribution in [1.29, 1.82) is 0 Å². The van der Waals surface area contributed by atoms with Crippen LogP contribution in [0.1, 0.15) is 0 Å². The van der Waals surface area contributed by atoms with E-state index < -0.39 is 0 Å². The molecule has 1 amide bonds. The molecule has 0 unspecified atom stereocenters. The lowest BCUT2D eigenvalue weighted by Gasteiger charge is -2.12. The summed E-state index contributed by atoms with van der Waals surface area (Å²) in [6, 6.07) is 27.1. The van der Waals surface area contributed by atoms with Crippen LogP contribution in [0.3, 0.4) is 0 Å². The Morgan fingerprint density at radius 2 is 1.67 bits per heavy atom. The molecule has 0 saturated carbocycles. The second-order valence-electron chi connectivity index (χ2n) is 6.07. The molecule has 1 heterocycles. The Kier molecular flexibility index (Phi) is 4.79. The molecule has 4 rings (SSSR count). The van der Waals surface area contributed by atoms with Crippen LogP contribution in [-0.2, 0) is 4.79 Å². The normalized spacial score (nSPS) is 10.5. The smallest absolute Gasteiger partial charge is 0.262 e. The van der Waals surface area contributed by atoms with E-state index in [1.807, 2.05) is 84.9 Å². The minimum absolute atomic E-state index is 0.0690. The van der Waals surface area contributed by atoms with Crippen LogP contribution >= 0.6 is 0 Å². The van der Waals surface area contributed by atoms with E-state index in [4.69, 9.17) is 4.74 Å². The zero-order valence-electron chi connectivity index (χ0n) is 14.6. The second kappa shape index (κ2) is 7.70. The highest BCUT2D eigenvalue weighted by atomic mass is 16.5. The zero-order chi connectivity index (χ0) is 18.5. The average molecular weight is 354 g/mol. The van der Waals surface area contributed by atoms with Crippen molar-refractivity contribution in [3.8, 4) is 16.9 Å². The van der Waals surface area contributed by atoms with Crippen LogP contribution in [0.25, 0.3) is 22.0 Å². The first kappa shape index (κ1) is 16.8. The van der Waals surface area contributed by atoms with Gasteiger partial charge < -0.3 is 10.1 Å². The van der Waals surface area contributed by atoms with E-state index >= 15 is 0 Å². The van der Waals surface area contributed by atoms with Gasteiger partial charge in [-0.25, -0.2) is 0 Å². The Hall–Kier alpha value is -3.66. The van der Waals surface area contributed by atoms with E-state index in [2.05, 4.69) is 10.3 Å². The van der Waals surface area contributed by atoms with E-state index in [-0.39, 0.29) is 12.5 Å². The van der Waals surface area contributed by atoms with Gasteiger partial charge in [-0.2, -0.15) is 0 Å². The number of nitrogens with one attached hydrogen (secondary N) is 1. The lowest BCUT2D eigenvalue weighted by Crippen LogP contribution is -2.20. The van der Waals surface area contributed by atoms with Crippen molar-refractivity contribution in [3.63, 3.8) is 0 Å². The maximum Gasteiger partial charge on any atom is 0.262 e. The summed E-state index contributed by atoms with van der Waals surface area (Å²) in [5.74, 6) is 0.465. The van der Waals surface area contributed by atoms with E-state index in [0.717, 1.165) is 27.7 Å². The molecule has 0 spiro atoms. The Balaban J connectivity index is 1.49. The monoisotopic (exact) mass is 354 g/mol. The Bertz CT molecular complexity index is 1070. The van der Waals surface area contributed by atoms with Crippen molar-refractivity contribution < 1.29 is 9.53 Å². The van der Waals surface area contributed by atoms with Gasteiger partial charge in [-0.3, -0.25) is 9.78 Å². The van der Waals surface area contributed by atoms with Gasteiger partial charge in [0.05, 0.1) is 11.2 Å². The number of carbonyl (C=O) groups is 1. The van der Waals surface area contributed by atoms with Gasteiger partial charge in [0.25, 0.3) is 5.91 Å². The molecule has 0 aliphatic carbocycles. The first-order chi connectivity index (χ1) is 13.3. The lowest BCUT2D eigenvalue weighted by atomic mass is 10.1. The second-order valence-corrected chi connectivity index (χ2v) is 6.07. The number of nitrogens with zero attached hydrogens (tertiary/aromatic N) is 1. The molecular formula is C23H18N2O2. The predicted molar refractivity (Wildman–Crippen MR) is 108 cm³/mol. The third kappa shape index (κ3) is 3.80. The van der Waals surface area contributed by atoms with Crippen molar-refractivity contribution in [2.45, 2.75) is 0 Å². The number of fused-ring (bicyclic) bond motifs is 1. The summed E-state index contributed by atoms with van der Waals surface area (Å²) >= 11 is 0. The molecule has 4 nitrogen and oxygen atoms in total. The molecular weight excluding hydrogens is 336 g/mol. The van der Waals surface area contributed by atoms with Gasteiger partial charge in [0.2, 0.25) is 0 Å². The van der Waals surface area contributed by atoms with Crippen molar-refractivity contribution >= 4 is 22.5 Å². The molecule has 1 aromatic heterocycles. The van der Waals surface area contributed by atoms with Crippen LogP contribution in [0.15, 0.2) is 91.1 Å². The number of hydrogen-bond acceptors (Lipinski definition) is 3. The van der Waals surface area contributed by atoms with Crippen LogP contribution < -0.4 is 10.1 Å². The van der Waals surface area contributed by atoms with E-state index in [0.29, 0.717) is 5.75 Å². The number of pyridine rings is 1. The molecule has 0 bridgehead atoms. The summed E-state index contributed by atoms with van der Waals surface area (Å²) in [5.41, 5.74) is 3.57. The van der Waals surface area contributed by atoms with Gasteiger partial charge >= 0.3 is 0 Å². The van der Waals surface area contributed by atoms with Gasteiger partial charge in [0.1, 0.15) is 5.75 Å². The van der Waals surface area contributed by atoms with Gasteiger partial charge in [-0.15, -0.1) is 0 Å². The zero-order valence-corrected chi connectivity index (χ0v) is 14.6. The summed E-state index contributed by atoms with van der Waals surface area (Å²) in [6.07, 6.45) is 1.73. The van der Waals surface area contributed by atoms with Crippen LogP contribution in [-0.4, -0.2) is 17.5 Å². The predicted octanol–water partition coefficient (Wildman–Crippen LogP) is 4.92. The maximum atomic E-state index is 12.4. The van der Waals surface area contributed by atoms with E-state index in [1.165, 1.54) is 0 Å². The number of amides is 1. The van der Waals surface area contributed by atoms with Crippen LogP contribution in [0.5, 0.6) is 5.75 Å². The minimum Gasteiger partial charge on any atom is -0.483 e. The molecule has 27 heavy (non-hydrogen) atoms. The third-order valence-corrected chi connectivity index (χ3v) is 4.25. The Morgan fingerprint density at radius 3 is 2.56 bits per heavy atom. The molecule has 0 fully saturated rings. The number of benzene rings is 3. The highest BCUT2D eigenvalue weighted by Crippen LogP contribution is 2.29.